The molecule has 6 nitrogen and oxygen atoms in total. The number of halogens is 1. The standard InChI is InChI=1S/C21H31N5OS.HI/c1-5-15(3)25-20(27)18-9-7-8-17(12-18)13-24-21(22-6-2)23-11-10-19-14-28-16(4)26-19;/h7-9,12,14-15H,5-6,10-11,13H2,1-4H3,(H,25,27)(H2,22,23,24);1H. The van der Waals surface area contributed by atoms with Gasteiger partial charge in [-0.1, -0.05) is 19.1 Å². The molecule has 3 N–H and O–H groups in total. The third kappa shape index (κ3) is 9.12. The van der Waals surface area contributed by atoms with Gasteiger partial charge >= 0.3 is 0 Å². The Hall–Kier alpha value is -1.68. The first-order valence-electron chi connectivity index (χ1n) is 9.84. The predicted molar refractivity (Wildman–Crippen MR) is 132 cm³/mol. The number of nitrogens with one attached hydrogen (secondary N) is 3. The lowest BCUT2D eigenvalue weighted by Crippen LogP contribution is -2.38. The van der Waals surface area contributed by atoms with Crippen LogP contribution >= 0.6 is 35.3 Å². The van der Waals surface area contributed by atoms with Crippen LogP contribution in [0.15, 0.2) is 34.6 Å². The van der Waals surface area contributed by atoms with E-state index < -0.39 is 0 Å². The molecule has 1 atom stereocenters. The predicted octanol–water partition coefficient (Wildman–Crippen LogP) is 3.90. The van der Waals surface area contributed by atoms with Crippen LogP contribution in [-0.2, 0) is 13.0 Å². The summed E-state index contributed by atoms with van der Waals surface area (Å²) in [4.78, 5) is 21.4. The number of carbonyl (C=O) groups is 1. The number of hydrogen-bond acceptors (Lipinski definition) is 4. The summed E-state index contributed by atoms with van der Waals surface area (Å²) in [5.41, 5.74) is 2.78. The minimum Gasteiger partial charge on any atom is -0.357 e. The maximum atomic E-state index is 12.3. The Balaban J connectivity index is 0.00000420. The second-order valence-corrected chi connectivity index (χ2v) is 7.78. The number of thiazole rings is 1. The van der Waals surface area contributed by atoms with Crippen LogP contribution in [0, 0.1) is 6.92 Å². The second kappa shape index (κ2) is 13.5. The van der Waals surface area contributed by atoms with E-state index >= 15 is 0 Å². The fourth-order valence-corrected chi connectivity index (χ4v) is 3.21. The fourth-order valence-electron chi connectivity index (χ4n) is 2.56. The van der Waals surface area contributed by atoms with Crippen molar-refractivity contribution in [3.63, 3.8) is 0 Å². The number of nitrogens with zero attached hydrogens (tertiary/aromatic N) is 2. The smallest absolute Gasteiger partial charge is 0.251 e. The second-order valence-electron chi connectivity index (χ2n) is 6.71. The van der Waals surface area contributed by atoms with Gasteiger partial charge in [0.25, 0.3) is 5.91 Å². The van der Waals surface area contributed by atoms with Gasteiger partial charge in [0.05, 0.1) is 17.2 Å². The van der Waals surface area contributed by atoms with Gasteiger partial charge in [-0.3, -0.25) is 4.79 Å². The Morgan fingerprint density at radius 1 is 1.28 bits per heavy atom. The molecular formula is C21H32IN5OS. The van der Waals surface area contributed by atoms with Crippen molar-refractivity contribution in [3.8, 4) is 0 Å². The molecule has 1 unspecified atom stereocenters. The Morgan fingerprint density at radius 2 is 2.07 bits per heavy atom. The molecule has 0 bridgehead atoms. The van der Waals surface area contributed by atoms with Gasteiger partial charge in [0, 0.05) is 36.5 Å². The summed E-state index contributed by atoms with van der Waals surface area (Å²) in [6, 6.07) is 7.81. The van der Waals surface area contributed by atoms with Crippen LogP contribution in [0.3, 0.4) is 0 Å². The molecule has 0 saturated carbocycles. The van der Waals surface area contributed by atoms with Crippen molar-refractivity contribution in [1.82, 2.24) is 20.9 Å². The molecule has 1 aromatic carbocycles. The van der Waals surface area contributed by atoms with Crippen molar-refractivity contribution in [2.24, 2.45) is 4.99 Å². The summed E-state index contributed by atoms with van der Waals surface area (Å²) in [6.07, 6.45) is 1.77. The number of hydrogen-bond donors (Lipinski definition) is 3. The zero-order chi connectivity index (χ0) is 20.4. The number of amides is 1. The molecule has 0 saturated heterocycles. The van der Waals surface area contributed by atoms with Gasteiger partial charge in [-0.05, 0) is 44.9 Å². The number of carbonyl (C=O) groups excluding carboxylic acids is 1. The number of aromatic nitrogens is 1. The van der Waals surface area contributed by atoms with Gasteiger partial charge in [-0.25, -0.2) is 9.98 Å². The highest BCUT2D eigenvalue weighted by molar-refractivity contribution is 14.0. The molecule has 0 fully saturated rings. The molecule has 2 aromatic rings. The molecule has 160 valence electrons. The average molecular weight is 529 g/mol. The van der Waals surface area contributed by atoms with Gasteiger partial charge < -0.3 is 16.0 Å². The van der Waals surface area contributed by atoms with Gasteiger partial charge in [0.1, 0.15) is 0 Å². The van der Waals surface area contributed by atoms with E-state index in [1.165, 1.54) is 0 Å². The molecule has 0 spiro atoms. The van der Waals surface area contributed by atoms with Gasteiger partial charge in [-0.15, -0.1) is 35.3 Å². The van der Waals surface area contributed by atoms with Crippen LogP contribution in [0.2, 0.25) is 0 Å². The van der Waals surface area contributed by atoms with E-state index in [1.54, 1.807) is 11.3 Å². The topological polar surface area (TPSA) is 78.4 Å². The van der Waals surface area contributed by atoms with E-state index in [0.717, 1.165) is 48.2 Å². The van der Waals surface area contributed by atoms with Crippen molar-refractivity contribution < 1.29 is 4.79 Å². The largest absolute Gasteiger partial charge is 0.357 e. The number of aryl methyl sites for hydroxylation is 1. The summed E-state index contributed by atoms with van der Waals surface area (Å²) in [5, 5.41) is 12.8. The first-order chi connectivity index (χ1) is 13.5. The van der Waals surface area contributed by atoms with E-state index in [-0.39, 0.29) is 35.9 Å². The third-order valence-electron chi connectivity index (χ3n) is 4.28. The molecule has 0 aliphatic rings. The lowest BCUT2D eigenvalue weighted by molar-refractivity contribution is 0.0939. The molecule has 1 aromatic heterocycles. The molecule has 1 amide bonds. The van der Waals surface area contributed by atoms with Crippen molar-refractivity contribution in [2.45, 2.75) is 53.1 Å². The lowest BCUT2D eigenvalue weighted by Gasteiger charge is -2.12. The average Bonchev–Trinajstić information content (AvgIpc) is 3.11. The molecule has 8 heteroatoms. The van der Waals surface area contributed by atoms with Crippen LogP contribution in [0.4, 0.5) is 0 Å². The first-order valence-corrected chi connectivity index (χ1v) is 10.7. The highest BCUT2D eigenvalue weighted by atomic mass is 127. The highest BCUT2D eigenvalue weighted by Crippen LogP contribution is 2.09. The van der Waals surface area contributed by atoms with Crippen LogP contribution in [0.5, 0.6) is 0 Å². The third-order valence-corrected chi connectivity index (χ3v) is 5.11. The molecule has 0 aliphatic heterocycles. The Labute approximate surface area is 195 Å². The van der Waals surface area contributed by atoms with Gasteiger partial charge in [0.2, 0.25) is 0 Å². The number of benzene rings is 1. The minimum absolute atomic E-state index is 0. The van der Waals surface area contributed by atoms with Crippen molar-refractivity contribution in [2.75, 3.05) is 13.1 Å². The zero-order valence-corrected chi connectivity index (χ0v) is 20.8. The quantitative estimate of drug-likeness (QED) is 0.262. The van der Waals surface area contributed by atoms with Crippen molar-refractivity contribution in [3.05, 3.63) is 51.5 Å². The van der Waals surface area contributed by atoms with Crippen LogP contribution in [-0.4, -0.2) is 36.0 Å². The maximum absolute atomic E-state index is 12.3. The minimum atomic E-state index is -0.0382. The molecule has 1 heterocycles. The maximum Gasteiger partial charge on any atom is 0.251 e. The highest BCUT2D eigenvalue weighted by Gasteiger charge is 2.09. The summed E-state index contributed by atoms with van der Waals surface area (Å²) >= 11 is 1.67. The van der Waals surface area contributed by atoms with Crippen LogP contribution in [0.25, 0.3) is 0 Å². The van der Waals surface area contributed by atoms with E-state index in [0.29, 0.717) is 12.1 Å². The van der Waals surface area contributed by atoms with E-state index in [4.69, 9.17) is 0 Å². The Bertz CT molecular complexity index is 793. The van der Waals surface area contributed by atoms with E-state index in [2.05, 4.69) is 38.2 Å². The molecule has 0 radical (unpaired) electrons. The molecular weight excluding hydrogens is 497 g/mol. The van der Waals surface area contributed by atoms with Gasteiger partial charge in [0.15, 0.2) is 5.96 Å². The van der Waals surface area contributed by atoms with E-state index in [1.807, 2.05) is 45.0 Å². The fraction of sp³-hybridized carbons (Fsp3) is 0.476. The molecule has 0 aliphatic carbocycles. The number of guanidine groups is 1. The zero-order valence-electron chi connectivity index (χ0n) is 17.6. The Kier molecular flexibility index (Phi) is 11.8. The monoisotopic (exact) mass is 529 g/mol. The lowest BCUT2D eigenvalue weighted by atomic mass is 10.1. The van der Waals surface area contributed by atoms with Crippen LogP contribution in [0.1, 0.15) is 53.8 Å². The normalized spacial score (nSPS) is 12.1. The Morgan fingerprint density at radius 3 is 2.72 bits per heavy atom. The van der Waals surface area contributed by atoms with E-state index in [9.17, 15) is 4.79 Å². The molecule has 29 heavy (non-hydrogen) atoms. The summed E-state index contributed by atoms with van der Waals surface area (Å²) in [5.74, 6) is 0.729. The number of rotatable bonds is 9. The summed E-state index contributed by atoms with van der Waals surface area (Å²) in [7, 11) is 0. The summed E-state index contributed by atoms with van der Waals surface area (Å²) in [6.45, 7) is 10.2. The summed E-state index contributed by atoms with van der Waals surface area (Å²) < 4.78 is 0. The first kappa shape index (κ1) is 25.4. The van der Waals surface area contributed by atoms with Crippen LogP contribution < -0.4 is 16.0 Å². The SMILES string of the molecule is CCNC(=NCc1cccc(C(=O)NC(C)CC)c1)NCCc1csc(C)n1.I. The van der Waals surface area contributed by atoms with Crippen molar-refractivity contribution >= 4 is 47.2 Å². The molecule has 2 rings (SSSR count). The van der Waals surface area contributed by atoms with Gasteiger partial charge in [-0.2, -0.15) is 0 Å². The van der Waals surface area contributed by atoms with Crippen molar-refractivity contribution in [1.29, 1.82) is 0 Å². The number of aliphatic imine (C=N–C) groups is 1.